The van der Waals surface area contributed by atoms with Crippen molar-refractivity contribution in [2.45, 2.75) is 6.04 Å². The van der Waals surface area contributed by atoms with Crippen LogP contribution in [0.2, 0.25) is 0 Å². The molecule has 2 aromatic carbocycles. The molecule has 1 heterocycles. The van der Waals surface area contributed by atoms with Gasteiger partial charge in [-0.2, -0.15) is 0 Å². The lowest BCUT2D eigenvalue weighted by molar-refractivity contribution is 0.561. The van der Waals surface area contributed by atoms with Crippen molar-refractivity contribution in [2.75, 3.05) is 0 Å². The van der Waals surface area contributed by atoms with Crippen LogP contribution < -0.4 is 11.3 Å². The summed E-state index contributed by atoms with van der Waals surface area (Å²) in [6, 6.07) is 12.2. The van der Waals surface area contributed by atoms with E-state index in [0.29, 0.717) is 5.56 Å². The van der Waals surface area contributed by atoms with Crippen molar-refractivity contribution in [1.82, 2.24) is 10.4 Å². The van der Waals surface area contributed by atoms with Gasteiger partial charge in [-0.25, -0.2) is 9.82 Å². The highest BCUT2D eigenvalue weighted by atomic mass is 79.9. The van der Waals surface area contributed by atoms with E-state index in [2.05, 4.69) is 26.3 Å². The third kappa shape index (κ3) is 2.68. The minimum Gasteiger partial charge on any atom is -0.271 e. The summed E-state index contributed by atoms with van der Waals surface area (Å²) < 4.78 is 15.0. The molecule has 0 amide bonds. The minimum absolute atomic E-state index is 0.311. The molecule has 106 valence electrons. The van der Waals surface area contributed by atoms with Gasteiger partial charge in [0, 0.05) is 33.4 Å². The summed E-state index contributed by atoms with van der Waals surface area (Å²) in [4.78, 5) is 4.23. The summed E-state index contributed by atoms with van der Waals surface area (Å²) in [5.74, 6) is 5.38. The Hall–Kier alpha value is -1.82. The number of nitrogens with one attached hydrogen (secondary N) is 1. The first-order valence-electron chi connectivity index (χ1n) is 6.44. The van der Waals surface area contributed by atoms with Gasteiger partial charge in [0.15, 0.2) is 0 Å². The van der Waals surface area contributed by atoms with E-state index in [0.717, 1.165) is 20.8 Å². The van der Waals surface area contributed by atoms with E-state index >= 15 is 0 Å². The SMILES string of the molecule is NNC(c1cc(Br)ccc1F)c1cncc2ccccc12. The predicted octanol–water partition coefficient (Wildman–Crippen LogP) is 3.69. The molecule has 1 unspecified atom stereocenters. The molecule has 0 saturated heterocycles. The number of benzene rings is 2. The Bertz CT molecular complexity index is 786. The van der Waals surface area contributed by atoms with Crippen LogP contribution in [-0.2, 0) is 0 Å². The Kier molecular flexibility index (Phi) is 3.96. The van der Waals surface area contributed by atoms with E-state index in [1.807, 2.05) is 24.3 Å². The van der Waals surface area contributed by atoms with E-state index in [1.54, 1.807) is 24.5 Å². The smallest absolute Gasteiger partial charge is 0.128 e. The molecule has 0 bridgehead atoms. The first-order chi connectivity index (χ1) is 10.2. The minimum atomic E-state index is -0.471. The van der Waals surface area contributed by atoms with Crippen LogP contribution >= 0.6 is 15.9 Å². The zero-order valence-electron chi connectivity index (χ0n) is 11.1. The normalized spacial score (nSPS) is 12.5. The van der Waals surface area contributed by atoms with Gasteiger partial charge >= 0.3 is 0 Å². The molecule has 3 nitrogen and oxygen atoms in total. The fraction of sp³-hybridized carbons (Fsp3) is 0.0625. The molecule has 5 heteroatoms. The molecule has 0 radical (unpaired) electrons. The van der Waals surface area contributed by atoms with Crippen LogP contribution in [0.5, 0.6) is 0 Å². The molecule has 0 fully saturated rings. The van der Waals surface area contributed by atoms with E-state index in [1.165, 1.54) is 6.07 Å². The van der Waals surface area contributed by atoms with Crippen molar-refractivity contribution in [2.24, 2.45) is 5.84 Å². The van der Waals surface area contributed by atoms with Gasteiger partial charge in [-0.1, -0.05) is 40.2 Å². The predicted molar refractivity (Wildman–Crippen MR) is 85.0 cm³/mol. The number of hydrogen-bond acceptors (Lipinski definition) is 3. The second-order valence-electron chi connectivity index (χ2n) is 4.72. The number of nitrogens with two attached hydrogens (primary N) is 1. The van der Waals surface area contributed by atoms with Crippen molar-refractivity contribution in [3.63, 3.8) is 0 Å². The molecule has 1 atom stereocenters. The number of aromatic nitrogens is 1. The van der Waals surface area contributed by atoms with Gasteiger partial charge in [0.25, 0.3) is 0 Å². The molecular weight excluding hydrogens is 333 g/mol. The van der Waals surface area contributed by atoms with Crippen molar-refractivity contribution in [1.29, 1.82) is 0 Å². The van der Waals surface area contributed by atoms with Gasteiger partial charge in [-0.3, -0.25) is 10.8 Å². The zero-order valence-corrected chi connectivity index (χ0v) is 12.6. The molecular formula is C16H13BrFN3. The summed E-state index contributed by atoms with van der Waals surface area (Å²) in [6.45, 7) is 0. The van der Waals surface area contributed by atoms with Crippen LogP contribution in [0, 0.1) is 5.82 Å². The number of fused-ring (bicyclic) bond motifs is 1. The molecule has 1 aromatic heterocycles. The third-order valence-corrected chi connectivity index (χ3v) is 3.94. The summed E-state index contributed by atoms with van der Waals surface area (Å²) in [5.41, 5.74) is 4.01. The second-order valence-corrected chi connectivity index (χ2v) is 5.63. The van der Waals surface area contributed by atoms with Crippen molar-refractivity contribution >= 4 is 26.7 Å². The lowest BCUT2D eigenvalue weighted by Gasteiger charge is -2.19. The topological polar surface area (TPSA) is 50.9 Å². The first kappa shape index (κ1) is 14.1. The standard InChI is InChI=1S/C16H13BrFN3/c17-11-5-6-15(18)13(7-11)16(21-19)14-9-20-8-10-3-1-2-4-12(10)14/h1-9,16,21H,19H2. The Morgan fingerprint density at radius 3 is 2.71 bits per heavy atom. The maximum Gasteiger partial charge on any atom is 0.128 e. The fourth-order valence-corrected chi connectivity index (χ4v) is 2.83. The van der Waals surface area contributed by atoms with Crippen LogP contribution in [0.4, 0.5) is 4.39 Å². The number of hydrazine groups is 1. The highest BCUT2D eigenvalue weighted by Gasteiger charge is 2.19. The third-order valence-electron chi connectivity index (χ3n) is 3.45. The van der Waals surface area contributed by atoms with E-state index < -0.39 is 6.04 Å². The van der Waals surface area contributed by atoms with Crippen LogP contribution in [0.25, 0.3) is 10.8 Å². The van der Waals surface area contributed by atoms with Gasteiger partial charge in [0.2, 0.25) is 0 Å². The quantitative estimate of drug-likeness (QED) is 0.562. The average Bonchev–Trinajstić information content (AvgIpc) is 2.51. The molecule has 3 rings (SSSR count). The van der Waals surface area contributed by atoms with Crippen LogP contribution in [0.1, 0.15) is 17.2 Å². The van der Waals surface area contributed by atoms with Crippen LogP contribution in [-0.4, -0.2) is 4.98 Å². The van der Waals surface area contributed by atoms with Gasteiger partial charge in [-0.05, 0) is 23.6 Å². The lowest BCUT2D eigenvalue weighted by atomic mass is 9.96. The summed E-state index contributed by atoms with van der Waals surface area (Å²) >= 11 is 3.37. The Morgan fingerprint density at radius 1 is 1.10 bits per heavy atom. The lowest BCUT2D eigenvalue weighted by Crippen LogP contribution is -2.29. The second kappa shape index (κ2) is 5.89. The zero-order chi connectivity index (χ0) is 14.8. The monoisotopic (exact) mass is 345 g/mol. The number of hydrogen-bond donors (Lipinski definition) is 2. The van der Waals surface area contributed by atoms with Gasteiger partial charge in [0.05, 0.1) is 6.04 Å². The summed E-state index contributed by atoms with van der Waals surface area (Å²) in [5, 5.41) is 1.99. The molecule has 0 aliphatic carbocycles. The van der Waals surface area contributed by atoms with Crippen LogP contribution in [0.15, 0.2) is 59.3 Å². The largest absolute Gasteiger partial charge is 0.271 e. The van der Waals surface area contributed by atoms with Gasteiger partial charge in [-0.15, -0.1) is 0 Å². The van der Waals surface area contributed by atoms with E-state index in [9.17, 15) is 4.39 Å². The van der Waals surface area contributed by atoms with E-state index in [4.69, 9.17) is 5.84 Å². The molecule has 3 aromatic rings. The average molecular weight is 346 g/mol. The van der Waals surface area contributed by atoms with Crippen molar-refractivity contribution < 1.29 is 4.39 Å². The molecule has 0 spiro atoms. The molecule has 0 saturated carbocycles. The number of nitrogens with zero attached hydrogens (tertiary/aromatic N) is 1. The van der Waals surface area contributed by atoms with Gasteiger partial charge < -0.3 is 0 Å². The number of rotatable bonds is 3. The molecule has 21 heavy (non-hydrogen) atoms. The maximum atomic E-state index is 14.2. The highest BCUT2D eigenvalue weighted by Crippen LogP contribution is 2.30. The summed E-state index contributed by atoms with van der Waals surface area (Å²) in [6.07, 6.45) is 3.50. The highest BCUT2D eigenvalue weighted by molar-refractivity contribution is 9.10. The Balaban J connectivity index is 2.21. The van der Waals surface area contributed by atoms with Gasteiger partial charge in [0.1, 0.15) is 5.82 Å². The molecule has 3 N–H and O–H groups in total. The van der Waals surface area contributed by atoms with Crippen molar-refractivity contribution in [3.05, 3.63) is 76.3 Å². The van der Waals surface area contributed by atoms with E-state index in [-0.39, 0.29) is 5.82 Å². The molecule has 0 aliphatic rings. The number of pyridine rings is 1. The Labute approximate surface area is 130 Å². The first-order valence-corrected chi connectivity index (χ1v) is 7.23. The van der Waals surface area contributed by atoms with Crippen LogP contribution in [0.3, 0.4) is 0 Å². The molecule has 0 aliphatic heterocycles. The number of halogens is 2. The fourth-order valence-electron chi connectivity index (χ4n) is 2.45. The van der Waals surface area contributed by atoms with Crippen molar-refractivity contribution in [3.8, 4) is 0 Å². The Morgan fingerprint density at radius 2 is 1.90 bits per heavy atom. The summed E-state index contributed by atoms with van der Waals surface area (Å²) in [7, 11) is 0. The maximum absolute atomic E-state index is 14.2.